The van der Waals surface area contributed by atoms with Crippen molar-refractivity contribution in [3.05, 3.63) is 0 Å². The summed E-state index contributed by atoms with van der Waals surface area (Å²) in [5.74, 6) is -3.43. The molecule has 0 aromatic carbocycles. The molecule has 0 radical (unpaired) electrons. The summed E-state index contributed by atoms with van der Waals surface area (Å²) in [6.45, 7) is -0.266. The molecule has 1 fully saturated rings. The number of ether oxygens (including phenoxy) is 1. The summed E-state index contributed by atoms with van der Waals surface area (Å²) in [5, 5.41) is 8.48. The average molecular weight is 166 g/mol. The van der Waals surface area contributed by atoms with E-state index in [9.17, 15) is 8.78 Å². The predicted molar refractivity (Wildman–Crippen MR) is 35.6 cm³/mol. The topological polar surface area (TPSA) is 29.5 Å². The number of hydrogen-bond donors (Lipinski definition) is 1. The largest absolute Gasteiger partial charge is 0.396 e. The molecular weight excluding hydrogens is 154 g/mol. The van der Waals surface area contributed by atoms with Crippen LogP contribution in [0.2, 0.25) is 0 Å². The van der Waals surface area contributed by atoms with Gasteiger partial charge in [-0.3, -0.25) is 0 Å². The second-order valence-electron chi connectivity index (χ2n) is 2.81. The highest BCUT2D eigenvalue weighted by Crippen LogP contribution is 2.33. The van der Waals surface area contributed by atoms with Crippen molar-refractivity contribution >= 4 is 0 Å². The van der Waals surface area contributed by atoms with Crippen LogP contribution in [0.5, 0.6) is 0 Å². The quantitative estimate of drug-likeness (QED) is 0.664. The first-order valence-electron chi connectivity index (χ1n) is 3.73. The molecule has 0 aromatic heterocycles. The minimum absolute atomic E-state index is 0.166. The fourth-order valence-corrected chi connectivity index (χ4v) is 1.27. The lowest BCUT2D eigenvalue weighted by atomic mass is 9.93. The maximum Gasteiger partial charge on any atom is 0.273 e. The number of hydrogen-bond acceptors (Lipinski definition) is 2. The minimum Gasteiger partial charge on any atom is -0.396 e. The molecule has 1 rings (SSSR count). The fraction of sp³-hybridized carbons (Fsp3) is 1.00. The van der Waals surface area contributed by atoms with Gasteiger partial charge in [0.15, 0.2) is 0 Å². The predicted octanol–water partition coefficient (Wildman–Crippen LogP) is 1.04. The molecule has 1 atom stereocenters. The molecule has 0 saturated carbocycles. The Bertz CT molecular complexity index is 126. The van der Waals surface area contributed by atoms with Crippen LogP contribution >= 0.6 is 0 Å². The summed E-state index contributed by atoms with van der Waals surface area (Å²) in [6.07, 6.45) is 0.532. The first-order chi connectivity index (χ1) is 5.17. The van der Waals surface area contributed by atoms with E-state index in [-0.39, 0.29) is 13.0 Å². The van der Waals surface area contributed by atoms with Crippen LogP contribution in [0, 0.1) is 5.92 Å². The van der Waals surface area contributed by atoms with E-state index < -0.39 is 18.4 Å². The van der Waals surface area contributed by atoms with Gasteiger partial charge in [-0.1, -0.05) is 0 Å². The molecule has 0 amide bonds. The Labute approximate surface area is 64.2 Å². The van der Waals surface area contributed by atoms with Crippen molar-refractivity contribution in [2.45, 2.75) is 18.8 Å². The van der Waals surface area contributed by atoms with Crippen LogP contribution in [0.25, 0.3) is 0 Å². The highest BCUT2D eigenvalue weighted by atomic mass is 19.3. The normalized spacial score (nSPS) is 30.3. The smallest absolute Gasteiger partial charge is 0.273 e. The first-order valence-corrected chi connectivity index (χ1v) is 3.73. The van der Waals surface area contributed by atoms with Gasteiger partial charge in [0.25, 0.3) is 5.92 Å². The van der Waals surface area contributed by atoms with Crippen LogP contribution in [0.15, 0.2) is 0 Å². The third kappa shape index (κ3) is 2.10. The molecule has 1 aliphatic rings. The van der Waals surface area contributed by atoms with E-state index >= 15 is 0 Å². The Morgan fingerprint density at radius 3 is 2.82 bits per heavy atom. The van der Waals surface area contributed by atoms with Crippen molar-refractivity contribution < 1.29 is 18.6 Å². The van der Waals surface area contributed by atoms with Crippen molar-refractivity contribution in [3.8, 4) is 0 Å². The third-order valence-corrected chi connectivity index (χ3v) is 1.98. The summed E-state index contributed by atoms with van der Waals surface area (Å²) in [4.78, 5) is 0. The van der Waals surface area contributed by atoms with Crippen LogP contribution in [0.4, 0.5) is 8.78 Å². The number of aliphatic hydroxyl groups excluding tert-OH is 1. The van der Waals surface area contributed by atoms with Crippen molar-refractivity contribution in [2.24, 2.45) is 5.92 Å². The molecule has 1 saturated heterocycles. The fourth-order valence-electron chi connectivity index (χ4n) is 1.27. The molecule has 11 heavy (non-hydrogen) atoms. The standard InChI is InChI=1S/C7H12F2O2/c8-7(9)5-11-4-2-6(7)1-3-10/h6,10H,1-5H2. The zero-order valence-electron chi connectivity index (χ0n) is 6.22. The Hall–Kier alpha value is -0.220. The van der Waals surface area contributed by atoms with Gasteiger partial charge in [0, 0.05) is 19.1 Å². The molecule has 4 heteroatoms. The summed E-state index contributed by atoms with van der Waals surface area (Å²) >= 11 is 0. The molecule has 1 unspecified atom stereocenters. The lowest BCUT2D eigenvalue weighted by molar-refractivity contribution is -0.158. The van der Waals surface area contributed by atoms with Crippen molar-refractivity contribution in [1.29, 1.82) is 0 Å². The number of halogens is 2. The highest BCUT2D eigenvalue weighted by molar-refractivity contribution is 4.79. The van der Waals surface area contributed by atoms with E-state index in [2.05, 4.69) is 4.74 Å². The molecule has 1 aliphatic heterocycles. The Balaban J connectivity index is 2.45. The zero-order chi connectivity index (χ0) is 8.32. The zero-order valence-corrected chi connectivity index (χ0v) is 6.22. The molecule has 0 aliphatic carbocycles. The van der Waals surface area contributed by atoms with E-state index in [0.717, 1.165) is 0 Å². The van der Waals surface area contributed by atoms with Gasteiger partial charge in [0.1, 0.15) is 6.61 Å². The maximum absolute atomic E-state index is 12.8. The van der Waals surface area contributed by atoms with Crippen LogP contribution in [0.3, 0.4) is 0 Å². The molecular formula is C7H12F2O2. The summed E-state index contributed by atoms with van der Waals surface area (Å²) in [5.41, 5.74) is 0. The van der Waals surface area contributed by atoms with E-state index in [0.29, 0.717) is 13.0 Å². The van der Waals surface area contributed by atoms with Gasteiger partial charge in [-0.15, -0.1) is 0 Å². The lowest BCUT2D eigenvalue weighted by Gasteiger charge is -2.30. The number of rotatable bonds is 2. The molecule has 1 N–H and O–H groups in total. The molecule has 0 aromatic rings. The summed E-state index contributed by atoms with van der Waals surface area (Å²) in [7, 11) is 0. The van der Waals surface area contributed by atoms with E-state index in [4.69, 9.17) is 5.11 Å². The monoisotopic (exact) mass is 166 g/mol. The van der Waals surface area contributed by atoms with Gasteiger partial charge in [-0.05, 0) is 12.8 Å². The van der Waals surface area contributed by atoms with Gasteiger partial charge in [0.05, 0.1) is 0 Å². The minimum atomic E-state index is -2.74. The first kappa shape index (κ1) is 8.87. The molecule has 1 heterocycles. The van der Waals surface area contributed by atoms with Gasteiger partial charge >= 0.3 is 0 Å². The van der Waals surface area contributed by atoms with Crippen molar-refractivity contribution in [2.75, 3.05) is 19.8 Å². The summed E-state index contributed by atoms with van der Waals surface area (Å²) in [6, 6.07) is 0. The SMILES string of the molecule is OCCC1CCOCC1(F)F. The second kappa shape index (κ2) is 3.45. The highest BCUT2D eigenvalue weighted by Gasteiger charge is 2.41. The van der Waals surface area contributed by atoms with Gasteiger partial charge in [-0.2, -0.15) is 0 Å². The number of aliphatic hydroxyl groups is 1. The van der Waals surface area contributed by atoms with Crippen LogP contribution < -0.4 is 0 Å². The Morgan fingerprint density at radius 2 is 2.27 bits per heavy atom. The van der Waals surface area contributed by atoms with E-state index in [1.165, 1.54) is 0 Å². The lowest BCUT2D eigenvalue weighted by Crippen LogP contribution is -2.39. The van der Waals surface area contributed by atoms with Crippen molar-refractivity contribution in [1.82, 2.24) is 0 Å². The van der Waals surface area contributed by atoms with Crippen LogP contribution in [-0.2, 0) is 4.74 Å². The Morgan fingerprint density at radius 1 is 1.55 bits per heavy atom. The molecule has 66 valence electrons. The van der Waals surface area contributed by atoms with Crippen molar-refractivity contribution in [3.63, 3.8) is 0 Å². The Kier molecular flexibility index (Phi) is 2.78. The number of alkyl halides is 2. The van der Waals surface area contributed by atoms with Crippen LogP contribution in [0.1, 0.15) is 12.8 Å². The van der Waals surface area contributed by atoms with Gasteiger partial charge in [-0.25, -0.2) is 8.78 Å². The maximum atomic E-state index is 12.8. The molecule has 2 nitrogen and oxygen atoms in total. The molecule has 0 spiro atoms. The average Bonchev–Trinajstić information content (AvgIpc) is 1.94. The van der Waals surface area contributed by atoms with E-state index in [1.54, 1.807) is 0 Å². The third-order valence-electron chi connectivity index (χ3n) is 1.98. The second-order valence-corrected chi connectivity index (χ2v) is 2.81. The van der Waals surface area contributed by atoms with Gasteiger partial charge < -0.3 is 9.84 Å². The molecule has 0 bridgehead atoms. The van der Waals surface area contributed by atoms with Gasteiger partial charge in [0.2, 0.25) is 0 Å². The van der Waals surface area contributed by atoms with E-state index in [1.807, 2.05) is 0 Å². The van der Waals surface area contributed by atoms with Crippen LogP contribution in [-0.4, -0.2) is 30.8 Å². The summed E-state index contributed by atoms with van der Waals surface area (Å²) < 4.78 is 30.3.